The summed E-state index contributed by atoms with van der Waals surface area (Å²) in [5.41, 5.74) is 0.289. The lowest BCUT2D eigenvalue weighted by molar-refractivity contribution is -0.159. The number of fused-ring (bicyclic) bond motifs is 1. The first-order valence-corrected chi connectivity index (χ1v) is 7.05. The second kappa shape index (κ2) is 6.21. The monoisotopic (exact) mass is 310 g/mol. The predicted molar refractivity (Wildman–Crippen MR) is 76.4 cm³/mol. The van der Waals surface area contributed by atoms with Crippen molar-refractivity contribution in [1.29, 1.82) is 0 Å². The molecule has 0 fully saturated rings. The molecule has 6 nitrogen and oxygen atoms in total. The summed E-state index contributed by atoms with van der Waals surface area (Å²) in [5.74, 6) is -1.99. The largest absolute Gasteiger partial charge is 0.477 e. The fraction of sp³-hybridized carbons (Fsp3) is 0.286. The maximum atomic E-state index is 11.5. The number of carboxylic acid groups (broad SMARTS) is 1. The molecule has 2 unspecified atom stereocenters. The van der Waals surface area contributed by atoms with Crippen molar-refractivity contribution in [2.45, 2.75) is 19.1 Å². The Hall–Kier alpha value is -1.96. The van der Waals surface area contributed by atoms with Gasteiger partial charge in [0.15, 0.2) is 6.10 Å². The quantitative estimate of drug-likeness (QED) is 0.724. The Bertz CT molecular complexity index is 677. The Balaban J connectivity index is 2.41. The minimum atomic E-state index is -1.72. The van der Waals surface area contributed by atoms with Gasteiger partial charge in [-0.2, -0.15) is 0 Å². The predicted octanol–water partition coefficient (Wildman–Crippen LogP) is 1.56. The average molecular weight is 310 g/mol. The highest BCUT2D eigenvalue weighted by atomic mass is 32.1. The van der Waals surface area contributed by atoms with Crippen LogP contribution >= 0.6 is 11.3 Å². The third-order valence-corrected chi connectivity index (χ3v) is 4.04. The summed E-state index contributed by atoms with van der Waals surface area (Å²) in [6.45, 7) is 1.68. The number of carbonyl (C=O) groups is 2. The van der Waals surface area contributed by atoms with E-state index in [1.807, 2.05) is 0 Å². The molecule has 21 heavy (non-hydrogen) atoms. The summed E-state index contributed by atoms with van der Waals surface area (Å²) in [7, 11) is 0. The van der Waals surface area contributed by atoms with Gasteiger partial charge in [0.2, 0.25) is 0 Å². The number of hydrogen-bond acceptors (Lipinski definition) is 6. The Morgan fingerprint density at radius 1 is 1.33 bits per heavy atom. The lowest BCUT2D eigenvalue weighted by atomic mass is 10.0. The highest BCUT2D eigenvalue weighted by molar-refractivity contribution is 7.20. The van der Waals surface area contributed by atoms with Crippen molar-refractivity contribution in [3.8, 4) is 0 Å². The van der Waals surface area contributed by atoms with Gasteiger partial charge in [-0.15, -0.1) is 11.3 Å². The van der Waals surface area contributed by atoms with E-state index in [1.54, 1.807) is 19.1 Å². The molecular weight excluding hydrogens is 296 g/mol. The zero-order valence-electron chi connectivity index (χ0n) is 11.1. The molecule has 2 rings (SSSR count). The number of benzene rings is 1. The molecule has 0 saturated heterocycles. The molecule has 7 heteroatoms. The molecule has 0 aliphatic rings. The Morgan fingerprint density at radius 2 is 2.05 bits per heavy atom. The van der Waals surface area contributed by atoms with Crippen LogP contribution in [0.1, 0.15) is 28.3 Å². The second-order valence-electron chi connectivity index (χ2n) is 4.32. The number of hydrogen-bond donors (Lipinski definition) is 3. The zero-order valence-corrected chi connectivity index (χ0v) is 12.0. The SMILES string of the molecule is CCOC(=O)C(O)C(O)c1cccc2sc(C(=O)O)cc12. The van der Waals surface area contributed by atoms with E-state index in [2.05, 4.69) is 4.74 Å². The molecule has 1 heterocycles. The molecule has 0 aliphatic heterocycles. The number of esters is 1. The second-order valence-corrected chi connectivity index (χ2v) is 5.40. The Labute approximate surface area is 124 Å². The highest BCUT2D eigenvalue weighted by Gasteiger charge is 2.28. The Kier molecular flexibility index (Phi) is 4.56. The minimum absolute atomic E-state index is 0.0917. The number of aliphatic hydroxyl groups is 2. The van der Waals surface area contributed by atoms with Crippen LogP contribution in [0.2, 0.25) is 0 Å². The van der Waals surface area contributed by atoms with Gasteiger partial charge in [0, 0.05) is 4.70 Å². The summed E-state index contributed by atoms with van der Waals surface area (Å²) in [5, 5.41) is 29.5. The van der Waals surface area contributed by atoms with Crippen molar-refractivity contribution in [3.63, 3.8) is 0 Å². The number of carboxylic acids is 1. The maximum absolute atomic E-state index is 11.5. The van der Waals surface area contributed by atoms with Gasteiger partial charge in [0.1, 0.15) is 11.0 Å². The van der Waals surface area contributed by atoms with Crippen LogP contribution in [0.4, 0.5) is 0 Å². The molecule has 0 radical (unpaired) electrons. The molecule has 0 spiro atoms. The smallest absolute Gasteiger partial charge is 0.345 e. The van der Waals surface area contributed by atoms with Crippen molar-refractivity contribution in [3.05, 3.63) is 34.7 Å². The third-order valence-electron chi connectivity index (χ3n) is 2.95. The van der Waals surface area contributed by atoms with E-state index in [1.165, 1.54) is 12.1 Å². The van der Waals surface area contributed by atoms with Crippen molar-refractivity contribution < 1.29 is 29.6 Å². The van der Waals surface area contributed by atoms with E-state index in [-0.39, 0.29) is 17.0 Å². The fourth-order valence-electron chi connectivity index (χ4n) is 1.97. The number of ether oxygens (including phenoxy) is 1. The van der Waals surface area contributed by atoms with E-state index < -0.39 is 24.1 Å². The van der Waals surface area contributed by atoms with Crippen LogP contribution < -0.4 is 0 Å². The van der Waals surface area contributed by atoms with Crippen LogP contribution in [-0.4, -0.2) is 40.0 Å². The molecule has 0 bridgehead atoms. The zero-order chi connectivity index (χ0) is 15.6. The van der Waals surface area contributed by atoms with E-state index in [4.69, 9.17) is 5.11 Å². The molecular formula is C14H14O6S. The highest BCUT2D eigenvalue weighted by Crippen LogP contribution is 2.32. The first-order chi connectivity index (χ1) is 9.95. The van der Waals surface area contributed by atoms with Crippen molar-refractivity contribution in [2.24, 2.45) is 0 Å². The van der Waals surface area contributed by atoms with Crippen LogP contribution in [-0.2, 0) is 9.53 Å². The summed E-state index contributed by atoms with van der Waals surface area (Å²) in [4.78, 5) is 22.6. The van der Waals surface area contributed by atoms with Gasteiger partial charge >= 0.3 is 11.9 Å². The first kappa shape index (κ1) is 15.4. The van der Waals surface area contributed by atoms with Crippen LogP contribution in [0, 0.1) is 0 Å². The summed E-state index contributed by atoms with van der Waals surface area (Å²) >= 11 is 1.06. The van der Waals surface area contributed by atoms with E-state index in [0.717, 1.165) is 11.3 Å². The summed E-state index contributed by atoms with van der Waals surface area (Å²) in [6.07, 6.45) is -3.20. The molecule has 112 valence electrons. The molecule has 2 aromatic rings. The van der Waals surface area contributed by atoms with E-state index >= 15 is 0 Å². The van der Waals surface area contributed by atoms with Crippen LogP contribution in [0.15, 0.2) is 24.3 Å². The number of aromatic carboxylic acids is 1. The number of aliphatic hydroxyl groups excluding tert-OH is 2. The van der Waals surface area contributed by atoms with E-state index in [9.17, 15) is 19.8 Å². The van der Waals surface area contributed by atoms with Crippen molar-refractivity contribution in [1.82, 2.24) is 0 Å². The van der Waals surface area contributed by atoms with Gasteiger partial charge in [-0.25, -0.2) is 9.59 Å². The molecule has 1 aromatic carbocycles. The lowest BCUT2D eigenvalue weighted by Gasteiger charge is -2.17. The third kappa shape index (κ3) is 3.05. The van der Waals surface area contributed by atoms with Gasteiger partial charge in [0.25, 0.3) is 0 Å². The molecule has 0 saturated carbocycles. The van der Waals surface area contributed by atoms with Crippen LogP contribution in [0.3, 0.4) is 0 Å². The lowest BCUT2D eigenvalue weighted by Crippen LogP contribution is -2.29. The Morgan fingerprint density at radius 3 is 2.67 bits per heavy atom. The standard InChI is InChI=1S/C14H14O6S/c1-2-20-14(19)12(16)11(15)7-4-3-5-9-8(7)6-10(21-9)13(17)18/h3-6,11-12,15-16H,2H2,1H3,(H,17,18). The fourth-order valence-corrected chi connectivity index (χ4v) is 2.91. The van der Waals surface area contributed by atoms with Gasteiger partial charge < -0.3 is 20.1 Å². The molecule has 2 atom stereocenters. The van der Waals surface area contributed by atoms with Gasteiger partial charge in [-0.3, -0.25) is 0 Å². The number of thiophene rings is 1. The summed E-state index contributed by atoms with van der Waals surface area (Å²) in [6, 6.07) is 6.28. The summed E-state index contributed by atoms with van der Waals surface area (Å²) < 4.78 is 5.31. The van der Waals surface area contributed by atoms with Crippen LogP contribution in [0.5, 0.6) is 0 Å². The van der Waals surface area contributed by atoms with Gasteiger partial charge in [-0.05, 0) is 30.0 Å². The van der Waals surface area contributed by atoms with Crippen molar-refractivity contribution >= 4 is 33.4 Å². The topological polar surface area (TPSA) is 104 Å². The molecule has 1 aromatic heterocycles. The molecule has 3 N–H and O–H groups in total. The maximum Gasteiger partial charge on any atom is 0.345 e. The number of carbonyl (C=O) groups excluding carboxylic acids is 1. The number of rotatable bonds is 5. The first-order valence-electron chi connectivity index (χ1n) is 6.24. The van der Waals surface area contributed by atoms with E-state index in [0.29, 0.717) is 10.1 Å². The van der Waals surface area contributed by atoms with Crippen molar-refractivity contribution in [2.75, 3.05) is 6.61 Å². The van der Waals surface area contributed by atoms with Gasteiger partial charge in [0.05, 0.1) is 6.61 Å². The molecule has 0 amide bonds. The van der Waals surface area contributed by atoms with Crippen LogP contribution in [0.25, 0.3) is 10.1 Å². The average Bonchev–Trinajstić information content (AvgIpc) is 2.90. The minimum Gasteiger partial charge on any atom is -0.477 e. The van der Waals surface area contributed by atoms with Gasteiger partial charge in [-0.1, -0.05) is 12.1 Å². The molecule has 0 aliphatic carbocycles. The normalized spacial score (nSPS) is 13.9.